The Labute approximate surface area is 159 Å². The summed E-state index contributed by atoms with van der Waals surface area (Å²) in [4.78, 5) is 12.3. The highest BCUT2D eigenvalue weighted by atomic mass is 16.5. The molecule has 1 heterocycles. The summed E-state index contributed by atoms with van der Waals surface area (Å²) in [5, 5.41) is 6.12. The lowest BCUT2D eigenvalue weighted by atomic mass is 10.0. The monoisotopic (exact) mass is 364 g/mol. The van der Waals surface area contributed by atoms with Crippen molar-refractivity contribution in [1.29, 1.82) is 0 Å². The molecule has 140 valence electrons. The van der Waals surface area contributed by atoms with Gasteiger partial charge in [-0.05, 0) is 53.4 Å². The molecule has 2 aliphatic carbocycles. The van der Waals surface area contributed by atoms with Crippen LogP contribution in [0.5, 0.6) is 11.5 Å². The van der Waals surface area contributed by atoms with E-state index in [1.54, 1.807) is 7.11 Å². The van der Waals surface area contributed by atoms with Gasteiger partial charge in [-0.1, -0.05) is 30.3 Å². The van der Waals surface area contributed by atoms with Gasteiger partial charge < -0.3 is 20.1 Å². The van der Waals surface area contributed by atoms with Crippen molar-refractivity contribution in [1.82, 2.24) is 10.6 Å². The normalized spacial score (nSPS) is 26.9. The third-order valence-corrected chi connectivity index (χ3v) is 6.22. The third-order valence-electron chi connectivity index (χ3n) is 6.22. The van der Waals surface area contributed by atoms with Crippen LogP contribution in [0.4, 0.5) is 4.79 Å². The molecule has 0 radical (unpaired) electrons. The van der Waals surface area contributed by atoms with Gasteiger partial charge in [0.15, 0.2) is 0 Å². The van der Waals surface area contributed by atoms with Gasteiger partial charge in [-0.2, -0.15) is 0 Å². The molecule has 0 bridgehead atoms. The molecule has 2 aromatic carbocycles. The number of amides is 2. The molecule has 4 atom stereocenters. The second kappa shape index (κ2) is 6.48. The maximum absolute atomic E-state index is 12.3. The number of methoxy groups -OCH3 is 1. The van der Waals surface area contributed by atoms with Crippen molar-refractivity contribution >= 4 is 6.03 Å². The highest BCUT2D eigenvalue weighted by Crippen LogP contribution is 2.60. The van der Waals surface area contributed by atoms with E-state index in [4.69, 9.17) is 9.47 Å². The van der Waals surface area contributed by atoms with E-state index >= 15 is 0 Å². The second-order valence-corrected chi connectivity index (χ2v) is 7.80. The number of urea groups is 1. The van der Waals surface area contributed by atoms with Crippen LogP contribution in [0.3, 0.4) is 0 Å². The minimum atomic E-state index is -0.0983. The van der Waals surface area contributed by atoms with Gasteiger partial charge in [0.2, 0.25) is 0 Å². The Balaban J connectivity index is 1.12. The standard InChI is InChI=1S/C22H24N2O3/c1-26-16-7-6-14-8-15(12-27-20(14)10-16)24-22(25)23-11-19-18-9-13-4-2-3-5-17(13)21(18)19/h2-7,10,15,18-19,21H,8-9,11-12H2,1H3,(H2,23,24,25). The molecule has 2 N–H and O–H groups in total. The number of rotatable bonds is 4. The molecule has 5 rings (SSSR count). The van der Waals surface area contributed by atoms with Crippen LogP contribution in [-0.2, 0) is 12.8 Å². The van der Waals surface area contributed by atoms with E-state index in [1.165, 1.54) is 11.1 Å². The van der Waals surface area contributed by atoms with Gasteiger partial charge >= 0.3 is 6.03 Å². The van der Waals surface area contributed by atoms with Crippen molar-refractivity contribution in [2.45, 2.75) is 24.8 Å². The number of fused-ring (bicyclic) bond motifs is 4. The van der Waals surface area contributed by atoms with Gasteiger partial charge in [0.05, 0.1) is 13.2 Å². The first-order valence-corrected chi connectivity index (χ1v) is 9.65. The van der Waals surface area contributed by atoms with Crippen LogP contribution in [0.2, 0.25) is 0 Å². The predicted octanol–water partition coefficient (Wildman–Crippen LogP) is 2.88. The van der Waals surface area contributed by atoms with Gasteiger partial charge in [-0.15, -0.1) is 0 Å². The number of nitrogens with one attached hydrogen (secondary N) is 2. The highest BCUT2D eigenvalue weighted by Gasteiger charge is 2.55. The molecule has 2 aromatic rings. The summed E-state index contributed by atoms with van der Waals surface area (Å²) in [6.07, 6.45) is 1.93. The fraction of sp³-hybridized carbons (Fsp3) is 0.409. The van der Waals surface area contributed by atoms with Crippen LogP contribution in [0.25, 0.3) is 0 Å². The Morgan fingerprint density at radius 3 is 2.96 bits per heavy atom. The zero-order valence-corrected chi connectivity index (χ0v) is 15.4. The summed E-state index contributed by atoms with van der Waals surface area (Å²) in [5.74, 6) is 3.57. The first kappa shape index (κ1) is 16.5. The molecule has 5 nitrogen and oxygen atoms in total. The van der Waals surface area contributed by atoms with Crippen LogP contribution in [-0.4, -0.2) is 32.3 Å². The molecule has 0 spiro atoms. The molecule has 2 amide bonds. The maximum Gasteiger partial charge on any atom is 0.315 e. The molecule has 5 heteroatoms. The number of hydrogen-bond donors (Lipinski definition) is 2. The van der Waals surface area contributed by atoms with E-state index in [9.17, 15) is 4.79 Å². The molecule has 3 aliphatic rings. The molecular weight excluding hydrogens is 340 g/mol. The van der Waals surface area contributed by atoms with Gasteiger partial charge in [0.25, 0.3) is 0 Å². The molecular formula is C22H24N2O3. The molecule has 4 unspecified atom stereocenters. The van der Waals surface area contributed by atoms with Crippen molar-refractivity contribution in [3.63, 3.8) is 0 Å². The van der Waals surface area contributed by atoms with Crippen LogP contribution in [0, 0.1) is 11.8 Å². The summed E-state index contributed by atoms with van der Waals surface area (Å²) in [6, 6.07) is 14.4. The van der Waals surface area contributed by atoms with E-state index in [1.807, 2.05) is 18.2 Å². The van der Waals surface area contributed by atoms with Gasteiger partial charge in [0, 0.05) is 12.6 Å². The van der Waals surface area contributed by atoms with Crippen LogP contribution in [0.15, 0.2) is 42.5 Å². The number of carbonyl (C=O) groups is 1. The average Bonchev–Trinajstić information content (AvgIpc) is 3.24. The van der Waals surface area contributed by atoms with E-state index in [0.717, 1.165) is 36.4 Å². The lowest BCUT2D eigenvalue weighted by molar-refractivity contribution is 0.213. The fourth-order valence-corrected chi connectivity index (χ4v) is 4.78. The summed E-state index contributed by atoms with van der Waals surface area (Å²) >= 11 is 0. The molecule has 1 saturated carbocycles. The van der Waals surface area contributed by atoms with Crippen LogP contribution < -0.4 is 20.1 Å². The Morgan fingerprint density at radius 1 is 1.19 bits per heavy atom. The zero-order valence-electron chi connectivity index (χ0n) is 15.4. The van der Waals surface area contributed by atoms with Gasteiger partial charge in [-0.25, -0.2) is 4.79 Å². The molecule has 0 aromatic heterocycles. The summed E-state index contributed by atoms with van der Waals surface area (Å²) in [7, 11) is 1.64. The van der Waals surface area contributed by atoms with Crippen LogP contribution >= 0.6 is 0 Å². The Hall–Kier alpha value is -2.69. The number of benzene rings is 2. The van der Waals surface area contributed by atoms with Crippen molar-refractivity contribution < 1.29 is 14.3 Å². The van der Waals surface area contributed by atoms with E-state index in [-0.39, 0.29) is 12.1 Å². The van der Waals surface area contributed by atoms with Crippen molar-refractivity contribution in [3.8, 4) is 11.5 Å². The van der Waals surface area contributed by atoms with Crippen molar-refractivity contribution in [2.75, 3.05) is 20.3 Å². The molecule has 27 heavy (non-hydrogen) atoms. The lowest BCUT2D eigenvalue weighted by Gasteiger charge is -2.26. The van der Waals surface area contributed by atoms with Crippen LogP contribution in [0.1, 0.15) is 22.6 Å². The number of carbonyl (C=O) groups excluding carboxylic acids is 1. The molecule has 1 aliphatic heterocycles. The highest BCUT2D eigenvalue weighted by molar-refractivity contribution is 5.74. The SMILES string of the molecule is COc1ccc2c(c1)OCC(NC(=O)NCC1C3Cc4ccccc4C13)C2. The minimum absolute atomic E-state index is 0.00896. The Kier molecular flexibility index (Phi) is 3.96. The van der Waals surface area contributed by atoms with E-state index in [2.05, 4.69) is 34.9 Å². The Morgan fingerprint density at radius 2 is 2.07 bits per heavy atom. The largest absolute Gasteiger partial charge is 0.497 e. The summed E-state index contributed by atoms with van der Waals surface area (Å²) < 4.78 is 11.0. The predicted molar refractivity (Wildman–Crippen MR) is 102 cm³/mol. The average molecular weight is 364 g/mol. The quantitative estimate of drug-likeness (QED) is 0.877. The lowest BCUT2D eigenvalue weighted by Crippen LogP contribution is -2.47. The van der Waals surface area contributed by atoms with E-state index in [0.29, 0.717) is 24.4 Å². The van der Waals surface area contributed by atoms with Crippen molar-refractivity contribution in [2.24, 2.45) is 11.8 Å². The zero-order chi connectivity index (χ0) is 18.4. The van der Waals surface area contributed by atoms with Gasteiger partial charge in [0.1, 0.15) is 18.1 Å². The van der Waals surface area contributed by atoms with Gasteiger partial charge in [-0.3, -0.25) is 0 Å². The topological polar surface area (TPSA) is 59.6 Å². The fourth-order valence-electron chi connectivity index (χ4n) is 4.78. The maximum atomic E-state index is 12.3. The minimum Gasteiger partial charge on any atom is -0.497 e. The number of hydrogen-bond acceptors (Lipinski definition) is 3. The summed E-state index contributed by atoms with van der Waals surface area (Å²) in [5.41, 5.74) is 4.07. The second-order valence-electron chi connectivity index (χ2n) is 7.80. The third kappa shape index (κ3) is 3.01. The first-order chi connectivity index (χ1) is 13.2. The summed E-state index contributed by atoms with van der Waals surface area (Å²) in [6.45, 7) is 1.23. The van der Waals surface area contributed by atoms with Crippen molar-refractivity contribution in [3.05, 3.63) is 59.2 Å². The Bertz CT molecular complexity index is 882. The molecule has 1 fully saturated rings. The first-order valence-electron chi connectivity index (χ1n) is 9.65. The smallest absolute Gasteiger partial charge is 0.315 e. The number of ether oxygens (including phenoxy) is 2. The molecule has 0 saturated heterocycles. The van der Waals surface area contributed by atoms with E-state index < -0.39 is 0 Å².